The van der Waals surface area contributed by atoms with Gasteiger partial charge in [-0.15, -0.1) is 0 Å². The number of unbranched alkanes of at least 4 members (excludes halogenated alkanes) is 1. The quantitative estimate of drug-likeness (QED) is 0.499. The van der Waals surface area contributed by atoms with Gasteiger partial charge in [0, 0.05) is 0 Å². The van der Waals surface area contributed by atoms with Crippen molar-refractivity contribution in [2.45, 2.75) is 58.8 Å². The van der Waals surface area contributed by atoms with Crippen molar-refractivity contribution in [3.05, 3.63) is 11.6 Å². The van der Waals surface area contributed by atoms with Crippen LogP contribution in [0.5, 0.6) is 0 Å². The Labute approximate surface area is 95.1 Å². The van der Waals surface area contributed by atoms with E-state index < -0.39 is 0 Å². The molecule has 0 bridgehead atoms. The average molecular weight is 209 g/mol. The molecule has 1 aliphatic rings. The maximum Gasteiger partial charge on any atom is -0.00773 e. The third kappa shape index (κ3) is 3.98. The van der Waals surface area contributed by atoms with Gasteiger partial charge in [-0.25, -0.2) is 0 Å². The van der Waals surface area contributed by atoms with Gasteiger partial charge in [0.2, 0.25) is 0 Å². The number of allylic oxidation sites excluding steroid dienone is 2. The SMILES string of the molecule is CCCC1=C[C@@H](CC)[C@@H](CCCCN)C1. The van der Waals surface area contributed by atoms with Gasteiger partial charge < -0.3 is 5.73 Å². The minimum atomic E-state index is 0.860. The first-order chi connectivity index (χ1) is 7.31. The van der Waals surface area contributed by atoms with E-state index in [-0.39, 0.29) is 0 Å². The van der Waals surface area contributed by atoms with Crippen molar-refractivity contribution >= 4 is 0 Å². The number of hydrogen-bond donors (Lipinski definition) is 1. The van der Waals surface area contributed by atoms with E-state index in [2.05, 4.69) is 19.9 Å². The molecule has 0 aromatic rings. The zero-order chi connectivity index (χ0) is 11.1. The lowest BCUT2D eigenvalue weighted by Gasteiger charge is -2.17. The van der Waals surface area contributed by atoms with Crippen LogP contribution in [0.2, 0.25) is 0 Å². The maximum absolute atomic E-state index is 5.54. The van der Waals surface area contributed by atoms with E-state index in [4.69, 9.17) is 5.73 Å². The van der Waals surface area contributed by atoms with Crippen LogP contribution in [0.25, 0.3) is 0 Å². The molecule has 1 aliphatic carbocycles. The second-order valence-electron chi connectivity index (χ2n) is 4.90. The van der Waals surface area contributed by atoms with Crippen molar-refractivity contribution in [2.24, 2.45) is 17.6 Å². The lowest BCUT2D eigenvalue weighted by atomic mass is 9.88. The number of nitrogens with two attached hydrogens (primary N) is 1. The first-order valence-electron chi connectivity index (χ1n) is 6.71. The van der Waals surface area contributed by atoms with Gasteiger partial charge in [0.15, 0.2) is 0 Å². The predicted molar refractivity (Wildman–Crippen MR) is 67.8 cm³/mol. The summed E-state index contributed by atoms with van der Waals surface area (Å²) in [5, 5.41) is 0. The Balaban J connectivity index is 2.33. The zero-order valence-corrected chi connectivity index (χ0v) is 10.5. The first-order valence-corrected chi connectivity index (χ1v) is 6.71. The molecular formula is C14H27N. The van der Waals surface area contributed by atoms with Crippen molar-refractivity contribution in [2.75, 3.05) is 6.54 Å². The van der Waals surface area contributed by atoms with Crippen LogP contribution in [0.1, 0.15) is 58.8 Å². The molecule has 0 aromatic carbocycles. The van der Waals surface area contributed by atoms with Gasteiger partial charge in [0.1, 0.15) is 0 Å². The second-order valence-corrected chi connectivity index (χ2v) is 4.90. The fourth-order valence-electron chi connectivity index (χ4n) is 2.82. The van der Waals surface area contributed by atoms with Crippen LogP contribution in [0.3, 0.4) is 0 Å². The van der Waals surface area contributed by atoms with Crippen molar-refractivity contribution in [3.8, 4) is 0 Å². The predicted octanol–water partition coefficient (Wildman–Crippen LogP) is 3.89. The minimum absolute atomic E-state index is 0.860. The van der Waals surface area contributed by atoms with E-state index in [0.717, 1.165) is 18.4 Å². The summed E-state index contributed by atoms with van der Waals surface area (Å²) in [6, 6.07) is 0. The van der Waals surface area contributed by atoms with Gasteiger partial charge >= 0.3 is 0 Å². The largest absolute Gasteiger partial charge is 0.330 e. The first kappa shape index (κ1) is 12.8. The van der Waals surface area contributed by atoms with E-state index in [0.29, 0.717) is 0 Å². The van der Waals surface area contributed by atoms with Gasteiger partial charge in [0.05, 0.1) is 0 Å². The molecule has 88 valence electrons. The van der Waals surface area contributed by atoms with Crippen molar-refractivity contribution in [1.29, 1.82) is 0 Å². The summed E-state index contributed by atoms with van der Waals surface area (Å²) in [7, 11) is 0. The summed E-state index contributed by atoms with van der Waals surface area (Å²) in [5.74, 6) is 1.80. The summed E-state index contributed by atoms with van der Waals surface area (Å²) in [6.45, 7) is 5.47. The Kier molecular flexibility index (Phi) is 6.00. The fourth-order valence-corrected chi connectivity index (χ4v) is 2.82. The van der Waals surface area contributed by atoms with Crippen LogP contribution in [0.4, 0.5) is 0 Å². The Morgan fingerprint density at radius 3 is 2.73 bits per heavy atom. The third-order valence-electron chi connectivity index (χ3n) is 3.65. The average Bonchev–Trinajstić information content (AvgIpc) is 2.62. The molecule has 1 heteroatoms. The van der Waals surface area contributed by atoms with E-state index >= 15 is 0 Å². The highest BCUT2D eigenvalue weighted by Gasteiger charge is 2.24. The molecule has 0 saturated heterocycles. The monoisotopic (exact) mass is 209 g/mol. The lowest BCUT2D eigenvalue weighted by molar-refractivity contribution is 0.371. The van der Waals surface area contributed by atoms with Crippen molar-refractivity contribution in [1.82, 2.24) is 0 Å². The highest BCUT2D eigenvalue weighted by molar-refractivity contribution is 5.13. The molecule has 0 fully saturated rings. The van der Waals surface area contributed by atoms with Crippen molar-refractivity contribution < 1.29 is 0 Å². The van der Waals surface area contributed by atoms with Crippen LogP contribution in [0.15, 0.2) is 11.6 Å². The molecule has 0 amide bonds. The molecule has 0 aromatic heterocycles. The molecule has 0 unspecified atom stereocenters. The van der Waals surface area contributed by atoms with Gasteiger partial charge in [-0.1, -0.05) is 38.3 Å². The topological polar surface area (TPSA) is 26.0 Å². The molecule has 0 heterocycles. The summed E-state index contributed by atoms with van der Waals surface area (Å²) in [5.41, 5.74) is 7.27. The highest BCUT2D eigenvalue weighted by atomic mass is 14.5. The Morgan fingerprint density at radius 2 is 2.13 bits per heavy atom. The van der Waals surface area contributed by atoms with E-state index in [9.17, 15) is 0 Å². The summed E-state index contributed by atoms with van der Waals surface area (Å²) >= 11 is 0. The van der Waals surface area contributed by atoms with Crippen LogP contribution in [-0.2, 0) is 0 Å². The van der Waals surface area contributed by atoms with Crippen molar-refractivity contribution in [3.63, 3.8) is 0 Å². The van der Waals surface area contributed by atoms with Gasteiger partial charge in [-0.3, -0.25) is 0 Å². The molecule has 0 spiro atoms. The fraction of sp³-hybridized carbons (Fsp3) is 0.857. The second kappa shape index (κ2) is 7.05. The summed E-state index contributed by atoms with van der Waals surface area (Å²) < 4.78 is 0. The highest BCUT2D eigenvalue weighted by Crippen LogP contribution is 2.37. The van der Waals surface area contributed by atoms with Gasteiger partial charge in [-0.2, -0.15) is 0 Å². The molecule has 0 saturated carbocycles. The van der Waals surface area contributed by atoms with Crippen LogP contribution in [0, 0.1) is 11.8 Å². The molecule has 1 nitrogen and oxygen atoms in total. The maximum atomic E-state index is 5.54. The summed E-state index contributed by atoms with van der Waals surface area (Å²) in [4.78, 5) is 0. The lowest BCUT2D eigenvalue weighted by Crippen LogP contribution is -2.08. The Morgan fingerprint density at radius 1 is 1.33 bits per heavy atom. The third-order valence-corrected chi connectivity index (χ3v) is 3.65. The molecule has 0 aliphatic heterocycles. The smallest absolute Gasteiger partial charge is 0.00773 e. The summed E-state index contributed by atoms with van der Waals surface area (Å²) in [6.07, 6.45) is 11.8. The van der Waals surface area contributed by atoms with Crippen LogP contribution >= 0.6 is 0 Å². The Hall–Kier alpha value is -0.300. The molecular weight excluding hydrogens is 182 g/mol. The standard InChI is InChI=1S/C14H27N/c1-3-7-12-10-13(4-2)14(11-12)8-5-6-9-15/h10,13-14H,3-9,11,15H2,1-2H3/t13-,14+/m1/s1. The molecule has 2 atom stereocenters. The van der Waals surface area contributed by atoms with E-state index in [1.807, 2.05) is 0 Å². The van der Waals surface area contributed by atoms with Gasteiger partial charge in [-0.05, 0) is 50.5 Å². The number of rotatable bonds is 7. The normalized spacial score (nSPS) is 25.7. The van der Waals surface area contributed by atoms with Crippen LogP contribution in [-0.4, -0.2) is 6.54 Å². The van der Waals surface area contributed by atoms with E-state index in [1.165, 1.54) is 44.9 Å². The molecule has 15 heavy (non-hydrogen) atoms. The zero-order valence-electron chi connectivity index (χ0n) is 10.5. The Bertz CT molecular complexity index is 196. The molecule has 2 N–H and O–H groups in total. The molecule has 1 rings (SSSR count). The molecule has 0 radical (unpaired) electrons. The number of hydrogen-bond acceptors (Lipinski definition) is 1. The van der Waals surface area contributed by atoms with Gasteiger partial charge in [0.25, 0.3) is 0 Å². The van der Waals surface area contributed by atoms with Crippen LogP contribution < -0.4 is 5.73 Å². The minimum Gasteiger partial charge on any atom is -0.330 e. The van der Waals surface area contributed by atoms with E-state index in [1.54, 1.807) is 5.57 Å².